The first kappa shape index (κ1) is 13.8. The van der Waals surface area contributed by atoms with Crippen molar-refractivity contribution in [3.05, 3.63) is 29.8 Å². The Morgan fingerprint density at radius 3 is 2.89 bits per heavy atom. The van der Waals surface area contributed by atoms with Crippen LogP contribution in [0, 0.1) is 11.3 Å². The lowest BCUT2D eigenvalue weighted by Gasteiger charge is -2.18. The number of nitrogens with zero attached hydrogens (tertiary/aromatic N) is 1. The van der Waals surface area contributed by atoms with Crippen LogP contribution in [0.4, 0.5) is 0 Å². The Morgan fingerprint density at radius 1 is 1.47 bits per heavy atom. The summed E-state index contributed by atoms with van der Waals surface area (Å²) in [7, 11) is 0. The Balaban J connectivity index is 1.74. The van der Waals surface area contributed by atoms with Gasteiger partial charge in [-0.2, -0.15) is 5.26 Å². The van der Waals surface area contributed by atoms with Gasteiger partial charge in [0, 0.05) is 12.1 Å². The van der Waals surface area contributed by atoms with Gasteiger partial charge in [-0.25, -0.2) is 0 Å². The molecule has 0 aromatic heterocycles. The molecule has 1 fully saturated rings. The predicted molar refractivity (Wildman–Crippen MR) is 69.7 cm³/mol. The van der Waals surface area contributed by atoms with Gasteiger partial charge in [0.2, 0.25) is 0 Å². The van der Waals surface area contributed by atoms with Crippen molar-refractivity contribution in [2.45, 2.75) is 24.5 Å². The zero-order chi connectivity index (χ0) is 13.7. The molecule has 0 amide bonds. The summed E-state index contributed by atoms with van der Waals surface area (Å²) in [5.74, 6) is 0.571. The van der Waals surface area contributed by atoms with Gasteiger partial charge in [-0.15, -0.1) is 0 Å². The summed E-state index contributed by atoms with van der Waals surface area (Å²) in [6, 6.07) is 8.85. The van der Waals surface area contributed by atoms with Gasteiger partial charge in [0.15, 0.2) is 0 Å². The van der Waals surface area contributed by atoms with Crippen LogP contribution in [0.2, 0.25) is 0 Å². The van der Waals surface area contributed by atoms with Crippen LogP contribution in [-0.2, 0) is 0 Å². The predicted octanol–water partition coefficient (Wildman–Crippen LogP) is 0.412. The molecule has 1 atom stereocenters. The summed E-state index contributed by atoms with van der Waals surface area (Å²) in [6.07, 6.45) is 1.25. The van der Waals surface area contributed by atoms with Crippen molar-refractivity contribution < 1.29 is 14.9 Å². The first-order valence-electron chi connectivity index (χ1n) is 6.34. The Kier molecular flexibility index (Phi) is 4.38. The summed E-state index contributed by atoms with van der Waals surface area (Å²) in [4.78, 5) is 0. The highest BCUT2D eigenvalue weighted by atomic mass is 16.5. The molecular formula is C14H18N2O3. The fraction of sp³-hybridized carbons (Fsp3) is 0.500. The Morgan fingerprint density at radius 2 is 2.26 bits per heavy atom. The van der Waals surface area contributed by atoms with Crippen LogP contribution >= 0.6 is 0 Å². The molecule has 1 saturated carbocycles. The fourth-order valence-corrected chi connectivity index (χ4v) is 1.78. The number of aliphatic hydroxyl groups is 2. The first-order valence-corrected chi connectivity index (χ1v) is 6.34. The van der Waals surface area contributed by atoms with E-state index in [2.05, 4.69) is 5.32 Å². The number of hydrogen-bond acceptors (Lipinski definition) is 5. The molecule has 5 heteroatoms. The Labute approximate surface area is 112 Å². The number of ether oxygens (including phenoxy) is 1. The lowest BCUT2D eigenvalue weighted by Crippen LogP contribution is -2.41. The maximum atomic E-state index is 9.79. The standard InChI is InChI=1S/C14H18N2O3/c15-7-11-2-1-3-13(6-11)19-9-12(18)8-16-14(10-17)4-5-14/h1-3,6,12,16-18H,4-5,8-10H2. The smallest absolute Gasteiger partial charge is 0.120 e. The molecule has 0 aliphatic heterocycles. The maximum Gasteiger partial charge on any atom is 0.120 e. The summed E-state index contributed by atoms with van der Waals surface area (Å²) in [5, 5.41) is 30.8. The van der Waals surface area contributed by atoms with Crippen molar-refractivity contribution in [3.63, 3.8) is 0 Å². The van der Waals surface area contributed by atoms with Gasteiger partial charge in [-0.3, -0.25) is 0 Å². The zero-order valence-electron chi connectivity index (χ0n) is 10.7. The van der Waals surface area contributed by atoms with E-state index in [9.17, 15) is 5.11 Å². The number of nitrogens with one attached hydrogen (secondary N) is 1. The molecule has 1 aromatic rings. The summed E-state index contributed by atoms with van der Waals surface area (Å²) < 4.78 is 5.43. The van der Waals surface area contributed by atoms with Crippen molar-refractivity contribution in [2.75, 3.05) is 19.8 Å². The van der Waals surface area contributed by atoms with Crippen molar-refractivity contribution in [2.24, 2.45) is 0 Å². The molecule has 0 saturated heterocycles. The van der Waals surface area contributed by atoms with Gasteiger partial charge in [0.05, 0.1) is 18.2 Å². The molecule has 5 nitrogen and oxygen atoms in total. The molecule has 1 aliphatic rings. The quantitative estimate of drug-likeness (QED) is 0.663. The molecule has 3 N–H and O–H groups in total. The largest absolute Gasteiger partial charge is 0.491 e. The van der Waals surface area contributed by atoms with E-state index in [-0.39, 0.29) is 18.8 Å². The molecule has 0 heterocycles. The molecule has 1 aliphatic carbocycles. The van der Waals surface area contributed by atoms with E-state index in [0.29, 0.717) is 17.9 Å². The van der Waals surface area contributed by atoms with Gasteiger partial charge in [-0.05, 0) is 31.0 Å². The van der Waals surface area contributed by atoms with E-state index in [1.807, 2.05) is 6.07 Å². The van der Waals surface area contributed by atoms with Crippen LogP contribution in [0.25, 0.3) is 0 Å². The van der Waals surface area contributed by atoms with E-state index >= 15 is 0 Å². The van der Waals surface area contributed by atoms with Gasteiger partial charge in [0.25, 0.3) is 0 Å². The van der Waals surface area contributed by atoms with Crippen LogP contribution in [0.1, 0.15) is 18.4 Å². The third-order valence-corrected chi connectivity index (χ3v) is 3.27. The third-order valence-electron chi connectivity index (χ3n) is 3.27. The molecule has 0 spiro atoms. The highest BCUT2D eigenvalue weighted by molar-refractivity contribution is 5.36. The lowest BCUT2D eigenvalue weighted by atomic mass is 10.2. The molecule has 0 bridgehead atoms. The molecule has 1 unspecified atom stereocenters. The van der Waals surface area contributed by atoms with E-state index in [4.69, 9.17) is 15.1 Å². The molecule has 2 rings (SSSR count). The first-order chi connectivity index (χ1) is 9.17. The second-order valence-corrected chi connectivity index (χ2v) is 4.92. The van der Waals surface area contributed by atoms with Crippen LogP contribution in [0.5, 0.6) is 5.75 Å². The highest BCUT2D eigenvalue weighted by Gasteiger charge is 2.41. The highest BCUT2D eigenvalue weighted by Crippen LogP contribution is 2.34. The van der Waals surface area contributed by atoms with E-state index in [0.717, 1.165) is 12.8 Å². The summed E-state index contributed by atoms with van der Waals surface area (Å²) in [6.45, 7) is 0.646. The minimum absolute atomic E-state index is 0.102. The second kappa shape index (κ2) is 6.02. The molecule has 0 radical (unpaired) electrons. The van der Waals surface area contributed by atoms with Crippen LogP contribution in [0.15, 0.2) is 24.3 Å². The topological polar surface area (TPSA) is 85.5 Å². The Bertz CT molecular complexity index is 466. The van der Waals surface area contributed by atoms with Crippen LogP contribution in [-0.4, -0.2) is 41.6 Å². The average Bonchev–Trinajstić information content (AvgIpc) is 3.24. The number of aliphatic hydroxyl groups excluding tert-OH is 2. The van der Waals surface area contributed by atoms with Crippen molar-refractivity contribution in [1.29, 1.82) is 5.26 Å². The third kappa shape index (κ3) is 3.93. The molecule has 1 aromatic carbocycles. The molecular weight excluding hydrogens is 244 g/mol. The number of nitriles is 1. The van der Waals surface area contributed by atoms with Crippen LogP contribution < -0.4 is 10.1 Å². The van der Waals surface area contributed by atoms with E-state index < -0.39 is 6.10 Å². The van der Waals surface area contributed by atoms with Crippen LogP contribution in [0.3, 0.4) is 0 Å². The minimum atomic E-state index is -0.644. The minimum Gasteiger partial charge on any atom is -0.491 e. The van der Waals surface area contributed by atoms with Crippen molar-refractivity contribution in [1.82, 2.24) is 5.32 Å². The number of hydrogen-bond donors (Lipinski definition) is 3. The fourth-order valence-electron chi connectivity index (χ4n) is 1.78. The normalized spacial score (nSPS) is 17.5. The SMILES string of the molecule is N#Cc1cccc(OCC(O)CNC2(CO)CC2)c1. The van der Waals surface area contributed by atoms with Crippen molar-refractivity contribution >= 4 is 0 Å². The number of β-amino-alcohol motifs (C(OH)–C–C–N with tert-alkyl or cyclic N) is 1. The number of rotatable bonds is 7. The van der Waals surface area contributed by atoms with Gasteiger partial charge < -0.3 is 20.3 Å². The summed E-state index contributed by atoms with van der Waals surface area (Å²) >= 11 is 0. The van der Waals surface area contributed by atoms with Gasteiger partial charge in [0.1, 0.15) is 18.5 Å². The second-order valence-electron chi connectivity index (χ2n) is 4.92. The average molecular weight is 262 g/mol. The zero-order valence-corrected chi connectivity index (χ0v) is 10.7. The number of benzene rings is 1. The lowest BCUT2D eigenvalue weighted by molar-refractivity contribution is 0.0978. The van der Waals surface area contributed by atoms with E-state index in [1.54, 1.807) is 24.3 Å². The van der Waals surface area contributed by atoms with E-state index in [1.165, 1.54) is 0 Å². The molecule has 102 valence electrons. The Hall–Kier alpha value is -1.61. The monoisotopic (exact) mass is 262 g/mol. The van der Waals surface area contributed by atoms with Gasteiger partial charge >= 0.3 is 0 Å². The summed E-state index contributed by atoms with van der Waals surface area (Å²) in [5.41, 5.74) is 0.351. The maximum absolute atomic E-state index is 9.79. The molecule has 19 heavy (non-hydrogen) atoms. The van der Waals surface area contributed by atoms with Crippen molar-refractivity contribution in [3.8, 4) is 11.8 Å². The van der Waals surface area contributed by atoms with Gasteiger partial charge in [-0.1, -0.05) is 6.07 Å².